The number of amides is 1. The maximum atomic E-state index is 12.2. The number of hydrogen-bond acceptors (Lipinski definition) is 4. The quantitative estimate of drug-likeness (QED) is 0.755. The van der Waals surface area contributed by atoms with Crippen LogP contribution in [0.4, 0.5) is 5.69 Å². The second kappa shape index (κ2) is 6.57. The van der Waals surface area contributed by atoms with Crippen LogP contribution in [0.5, 0.6) is 5.88 Å². The predicted molar refractivity (Wildman–Crippen MR) is 90.7 cm³/mol. The van der Waals surface area contributed by atoms with Gasteiger partial charge in [0.1, 0.15) is 5.69 Å². The van der Waals surface area contributed by atoms with Crippen molar-refractivity contribution >= 4 is 11.6 Å². The Balaban J connectivity index is 1.71. The number of carbonyl (C=O) groups excluding carboxylic acids is 1. The van der Waals surface area contributed by atoms with E-state index in [-0.39, 0.29) is 5.91 Å². The molecule has 2 heterocycles. The highest BCUT2D eigenvalue weighted by molar-refractivity contribution is 6.03. The molecule has 0 spiro atoms. The van der Waals surface area contributed by atoms with E-state index in [9.17, 15) is 4.79 Å². The molecule has 0 saturated heterocycles. The number of nitrogens with zero attached hydrogens (tertiary/aromatic N) is 3. The molecule has 0 fully saturated rings. The maximum absolute atomic E-state index is 12.2. The topological polar surface area (TPSA) is 84.8 Å². The van der Waals surface area contributed by atoms with Crippen LogP contribution in [-0.2, 0) is 0 Å². The molecule has 0 saturated carbocycles. The fraction of sp³-hybridized carbons (Fsp3) is 0.235. The Labute approximate surface area is 139 Å². The predicted octanol–water partition coefficient (Wildman–Crippen LogP) is 2.86. The average Bonchev–Trinajstić information content (AvgIpc) is 3.17. The van der Waals surface area contributed by atoms with Crippen LogP contribution in [0.25, 0.3) is 5.69 Å². The monoisotopic (exact) mass is 325 g/mol. The van der Waals surface area contributed by atoms with Crippen LogP contribution in [0.3, 0.4) is 0 Å². The van der Waals surface area contributed by atoms with Gasteiger partial charge in [0.25, 0.3) is 5.91 Å². The summed E-state index contributed by atoms with van der Waals surface area (Å²) in [6, 6.07) is 9.14. The molecule has 0 aliphatic carbocycles. The lowest BCUT2D eigenvalue weighted by molar-refractivity contribution is 0.102. The Hall–Kier alpha value is -3.09. The van der Waals surface area contributed by atoms with Gasteiger partial charge in [-0.3, -0.25) is 9.89 Å². The van der Waals surface area contributed by atoms with E-state index in [2.05, 4.69) is 20.5 Å². The van der Waals surface area contributed by atoms with Gasteiger partial charge in [0.2, 0.25) is 5.88 Å². The van der Waals surface area contributed by atoms with E-state index in [0.29, 0.717) is 23.9 Å². The van der Waals surface area contributed by atoms with Crippen molar-refractivity contribution in [2.75, 3.05) is 11.9 Å². The molecule has 0 radical (unpaired) electrons. The number of rotatable bonds is 5. The molecule has 0 atom stereocenters. The number of anilines is 1. The van der Waals surface area contributed by atoms with E-state index in [1.54, 1.807) is 12.4 Å². The zero-order valence-corrected chi connectivity index (χ0v) is 13.8. The Morgan fingerprint density at radius 1 is 1.29 bits per heavy atom. The van der Waals surface area contributed by atoms with Crippen molar-refractivity contribution < 1.29 is 9.53 Å². The van der Waals surface area contributed by atoms with Gasteiger partial charge in [-0.2, -0.15) is 0 Å². The van der Waals surface area contributed by atoms with E-state index in [4.69, 9.17) is 4.74 Å². The highest BCUT2D eigenvalue weighted by atomic mass is 16.5. The van der Waals surface area contributed by atoms with Crippen LogP contribution < -0.4 is 10.1 Å². The first-order valence-electron chi connectivity index (χ1n) is 7.69. The summed E-state index contributed by atoms with van der Waals surface area (Å²) in [5, 5.41) is 9.40. The fourth-order valence-electron chi connectivity index (χ4n) is 2.30. The molecule has 0 aliphatic rings. The number of nitrogens with one attached hydrogen (secondary N) is 2. The highest BCUT2D eigenvalue weighted by Crippen LogP contribution is 2.17. The number of aryl methyl sites for hydroxylation is 1. The molecular weight excluding hydrogens is 306 g/mol. The number of ether oxygens (including phenoxy) is 1. The number of aromatic nitrogens is 4. The maximum Gasteiger partial charge on any atom is 0.273 e. The third-order valence-corrected chi connectivity index (χ3v) is 3.75. The Bertz CT molecular complexity index is 848. The van der Waals surface area contributed by atoms with Crippen LogP contribution >= 0.6 is 0 Å². The third kappa shape index (κ3) is 3.15. The van der Waals surface area contributed by atoms with Crippen LogP contribution in [0.15, 0.2) is 36.7 Å². The SMILES string of the molecule is CCOc1cc(C(=O)Nc2ccc(-n3cnc(C)c3C)cc2)[nH]n1. The molecule has 1 aromatic carbocycles. The minimum absolute atomic E-state index is 0.268. The summed E-state index contributed by atoms with van der Waals surface area (Å²) in [4.78, 5) is 16.5. The molecular formula is C17H19N5O2. The second-order valence-electron chi connectivity index (χ2n) is 5.34. The Morgan fingerprint density at radius 3 is 2.67 bits per heavy atom. The van der Waals surface area contributed by atoms with Crippen molar-refractivity contribution in [1.29, 1.82) is 0 Å². The summed E-state index contributed by atoms with van der Waals surface area (Å²) in [7, 11) is 0. The van der Waals surface area contributed by atoms with E-state index in [1.165, 1.54) is 0 Å². The molecule has 2 aromatic heterocycles. The molecule has 2 N–H and O–H groups in total. The molecule has 7 nitrogen and oxygen atoms in total. The molecule has 0 aliphatic heterocycles. The van der Waals surface area contributed by atoms with E-state index in [1.807, 2.05) is 49.6 Å². The van der Waals surface area contributed by atoms with Gasteiger partial charge in [0.15, 0.2) is 0 Å². The lowest BCUT2D eigenvalue weighted by Gasteiger charge is -2.08. The van der Waals surface area contributed by atoms with Crippen LogP contribution in [0.1, 0.15) is 28.8 Å². The number of aromatic amines is 1. The summed E-state index contributed by atoms with van der Waals surface area (Å²) in [5.74, 6) is 0.139. The van der Waals surface area contributed by atoms with E-state index < -0.39 is 0 Å². The van der Waals surface area contributed by atoms with Crippen LogP contribution in [0.2, 0.25) is 0 Å². The van der Waals surface area contributed by atoms with Gasteiger partial charge in [0.05, 0.1) is 18.6 Å². The van der Waals surface area contributed by atoms with Crippen molar-refractivity contribution in [1.82, 2.24) is 19.7 Å². The zero-order valence-electron chi connectivity index (χ0n) is 13.8. The van der Waals surface area contributed by atoms with Crippen molar-refractivity contribution in [3.8, 4) is 11.6 Å². The highest BCUT2D eigenvalue weighted by Gasteiger charge is 2.11. The summed E-state index contributed by atoms with van der Waals surface area (Å²) < 4.78 is 7.24. The number of benzene rings is 1. The molecule has 7 heteroatoms. The third-order valence-electron chi connectivity index (χ3n) is 3.75. The second-order valence-corrected chi connectivity index (χ2v) is 5.34. The van der Waals surface area contributed by atoms with Gasteiger partial charge < -0.3 is 14.6 Å². The van der Waals surface area contributed by atoms with Gasteiger partial charge in [-0.25, -0.2) is 4.98 Å². The molecule has 0 bridgehead atoms. The first-order chi connectivity index (χ1) is 11.6. The summed E-state index contributed by atoms with van der Waals surface area (Å²) in [6.07, 6.45) is 1.79. The molecule has 3 aromatic rings. The van der Waals surface area contributed by atoms with Gasteiger partial charge in [-0.05, 0) is 45.0 Å². The van der Waals surface area contributed by atoms with Crippen molar-refractivity contribution in [3.63, 3.8) is 0 Å². The van der Waals surface area contributed by atoms with E-state index in [0.717, 1.165) is 17.1 Å². The minimum atomic E-state index is -0.268. The number of imidazole rings is 1. The molecule has 124 valence electrons. The van der Waals surface area contributed by atoms with Crippen LogP contribution in [-0.4, -0.2) is 32.3 Å². The van der Waals surface area contributed by atoms with Crippen molar-refractivity contribution in [3.05, 3.63) is 53.7 Å². The molecule has 0 unspecified atom stereocenters. The van der Waals surface area contributed by atoms with Crippen LogP contribution in [0, 0.1) is 13.8 Å². The van der Waals surface area contributed by atoms with Gasteiger partial charge >= 0.3 is 0 Å². The largest absolute Gasteiger partial charge is 0.477 e. The van der Waals surface area contributed by atoms with Crippen molar-refractivity contribution in [2.45, 2.75) is 20.8 Å². The average molecular weight is 325 g/mol. The number of hydrogen-bond donors (Lipinski definition) is 2. The number of carbonyl (C=O) groups is 1. The number of H-pyrrole nitrogens is 1. The van der Waals surface area contributed by atoms with Gasteiger partial charge in [-0.1, -0.05) is 0 Å². The Kier molecular flexibility index (Phi) is 4.33. The minimum Gasteiger partial charge on any atom is -0.477 e. The summed E-state index contributed by atoms with van der Waals surface area (Å²) in [5.41, 5.74) is 4.13. The van der Waals surface area contributed by atoms with E-state index >= 15 is 0 Å². The fourth-order valence-corrected chi connectivity index (χ4v) is 2.30. The molecule has 1 amide bonds. The van der Waals surface area contributed by atoms with Gasteiger partial charge in [0, 0.05) is 23.1 Å². The Morgan fingerprint density at radius 2 is 2.04 bits per heavy atom. The zero-order chi connectivity index (χ0) is 17.1. The summed E-state index contributed by atoms with van der Waals surface area (Å²) in [6.45, 7) is 6.35. The standard InChI is InChI=1S/C17H19N5O2/c1-4-24-16-9-15(20-21-16)17(23)19-13-5-7-14(8-6-13)22-10-18-11(2)12(22)3/h5-10H,4H2,1-3H3,(H,19,23)(H,20,21). The van der Waals surface area contributed by atoms with Gasteiger partial charge in [-0.15, -0.1) is 5.10 Å². The lowest BCUT2D eigenvalue weighted by atomic mass is 10.2. The molecule has 24 heavy (non-hydrogen) atoms. The normalized spacial score (nSPS) is 10.6. The van der Waals surface area contributed by atoms with Crippen molar-refractivity contribution in [2.24, 2.45) is 0 Å². The summed E-state index contributed by atoms with van der Waals surface area (Å²) >= 11 is 0. The molecule has 3 rings (SSSR count). The first kappa shape index (κ1) is 15.8. The first-order valence-corrected chi connectivity index (χ1v) is 7.69. The lowest BCUT2D eigenvalue weighted by Crippen LogP contribution is -2.12. The smallest absolute Gasteiger partial charge is 0.273 e.